The molecule has 2 nitrogen and oxygen atoms in total. The van der Waals surface area contributed by atoms with Gasteiger partial charge in [-0.1, -0.05) is 60.7 Å². The van der Waals surface area contributed by atoms with Crippen molar-refractivity contribution >= 4 is 27.5 Å². The minimum Gasteiger partial charge on any atom is -0.211 e. The predicted octanol–water partition coefficient (Wildman–Crippen LogP) is 4.48. The Hall–Kier alpha value is -1.52. The molecule has 0 radical (unpaired) electrons. The van der Waals surface area contributed by atoms with Crippen molar-refractivity contribution in [2.75, 3.05) is 0 Å². The van der Waals surface area contributed by atoms with Crippen molar-refractivity contribution in [3.05, 3.63) is 81.5 Å². The molecule has 0 atom stereocenters. The summed E-state index contributed by atoms with van der Waals surface area (Å²) in [5, 5.41) is 0. The monoisotopic (exact) mass is 330 g/mol. The van der Waals surface area contributed by atoms with E-state index in [0.717, 1.165) is 9.74 Å². The summed E-state index contributed by atoms with van der Waals surface area (Å²) in [6.07, 6.45) is 0. The zero-order chi connectivity index (χ0) is 13.1. The Bertz CT molecular complexity index is 613. The highest BCUT2D eigenvalue weighted by Gasteiger charge is 2.20. The van der Waals surface area contributed by atoms with Gasteiger partial charge in [0.2, 0.25) is 0 Å². The quantitative estimate of drug-likeness (QED) is 0.707. The molecule has 4 heteroatoms. The van der Waals surface area contributed by atoms with E-state index >= 15 is 0 Å². The Morgan fingerprint density at radius 3 is 1.79 bits per heavy atom. The van der Waals surface area contributed by atoms with Crippen LogP contribution in [0.1, 0.15) is 22.9 Å². The summed E-state index contributed by atoms with van der Waals surface area (Å²) in [7, 11) is 0. The number of hydrogen-bond donors (Lipinski definition) is 0. The number of nitrogens with zero attached hydrogens (tertiary/aromatic N) is 2. The SMILES string of the molecule is Brc1nc(C(c2ccccc2)c2ccccc2)ns1. The van der Waals surface area contributed by atoms with Crippen LogP contribution in [0.2, 0.25) is 0 Å². The normalized spacial score (nSPS) is 10.8. The van der Waals surface area contributed by atoms with Crippen LogP contribution in [0.5, 0.6) is 0 Å². The molecule has 1 aromatic heterocycles. The highest BCUT2D eigenvalue weighted by atomic mass is 79.9. The third kappa shape index (κ3) is 2.74. The molecule has 19 heavy (non-hydrogen) atoms. The molecule has 0 aliphatic carbocycles. The molecule has 1 heterocycles. The molecule has 2 aromatic carbocycles. The summed E-state index contributed by atoms with van der Waals surface area (Å²) >= 11 is 4.77. The van der Waals surface area contributed by atoms with Crippen molar-refractivity contribution in [1.29, 1.82) is 0 Å². The van der Waals surface area contributed by atoms with Crippen LogP contribution in [-0.4, -0.2) is 9.36 Å². The third-order valence-corrected chi connectivity index (χ3v) is 4.07. The van der Waals surface area contributed by atoms with E-state index in [4.69, 9.17) is 0 Å². The van der Waals surface area contributed by atoms with Crippen LogP contribution in [0.4, 0.5) is 0 Å². The molecular formula is C15H11BrN2S. The van der Waals surface area contributed by atoms with Gasteiger partial charge in [-0.05, 0) is 38.6 Å². The average Bonchev–Trinajstić information content (AvgIpc) is 2.88. The topological polar surface area (TPSA) is 25.8 Å². The first kappa shape index (κ1) is 12.5. The number of benzene rings is 2. The van der Waals surface area contributed by atoms with E-state index in [1.165, 1.54) is 22.7 Å². The zero-order valence-electron chi connectivity index (χ0n) is 10.0. The maximum absolute atomic E-state index is 4.49. The molecule has 0 fully saturated rings. The molecule has 0 N–H and O–H groups in total. The summed E-state index contributed by atoms with van der Waals surface area (Å²) < 4.78 is 5.27. The van der Waals surface area contributed by atoms with E-state index in [1.807, 2.05) is 36.4 Å². The van der Waals surface area contributed by atoms with E-state index in [1.54, 1.807) is 0 Å². The fourth-order valence-corrected chi connectivity index (χ4v) is 2.96. The van der Waals surface area contributed by atoms with Gasteiger partial charge in [-0.3, -0.25) is 0 Å². The lowest BCUT2D eigenvalue weighted by Crippen LogP contribution is -2.05. The van der Waals surface area contributed by atoms with Crippen molar-refractivity contribution in [2.24, 2.45) is 0 Å². The smallest absolute Gasteiger partial charge is 0.179 e. The molecule has 0 aliphatic heterocycles. The molecule has 0 bridgehead atoms. The first-order valence-corrected chi connectivity index (χ1v) is 7.50. The van der Waals surface area contributed by atoms with E-state index in [9.17, 15) is 0 Å². The molecule has 0 aliphatic rings. The van der Waals surface area contributed by atoms with Gasteiger partial charge in [-0.2, -0.15) is 4.37 Å². The Balaban J connectivity index is 2.11. The second-order valence-corrected chi connectivity index (χ2v) is 6.19. The van der Waals surface area contributed by atoms with E-state index in [-0.39, 0.29) is 5.92 Å². The number of rotatable bonds is 3. The summed E-state index contributed by atoms with van der Waals surface area (Å²) in [5.74, 6) is 0.930. The lowest BCUT2D eigenvalue weighted by molar-refractivity contribution is 0.887. The second kappa shape index (κ2) is 5.63. The fraction of sp³-hybridized carbons (Fsp3) is 0.0667. The zero-order valence-corrected chi connectivity index (χ0v) is 12.4. The standard InChI is InChI=1S/C15H11BrN2S/c16-15-17-14(18-19-15)13(11-7-3-1-4-8-11)12-9-5-2-6-10-12/h1-10,13H. The van der Waals surface area contributed by atoms with Crippen LogP contribution in [0, 0.1) is 0 Å². The number of aromatic nitrogens is 2. The number of halogens is 1. The summed E-state index contributed by atoms with van der Waals surface area (Å²) in [6, 6.07) is 20.7. The van der Waals surface area contributed by atoms with Crippen LogP contribution in [0.15, 0.2) is 64.6 Å². The molecule has 0 spiro atoms. The maximum Gasteiger partial charge on any atom is 0.179 e. The molecule has 0 unspecified atom stereocenters. The van der Waals surface area contributed by atoms with Crippen molar-refractivity contribution in [3.63, 3.8) is 0 Å². The van der Waals surface area contributed by atoms with Gasteiger partial charge in [0, 0.05) is 0 Å². The Labute approximate surface area is 124 Å². The largest absolute Gasteiger partial charge is 0.211 e. The highest BCUT2D eigenvalue weighted by Crippen LogP contribution is 2.31. The maximum atomic E-state index is 4.49. The van der Waals surface area contributed by atoms with Gasteiger partial charge in [0.05, 0.1) is 5.92 Å². The molecule has 0 saturated carbocycles. The minimum absolute atomic E-state index is 0.0879. The van der Waals surface area contributed by atoms with Gasteiger partial charge < -0.3 is 0 Å². The Morgan fingerprint density at radius 1 is 0.842 bits per heavy atom. The van der Waals surface area contributed by atoms with Crippen molar-refractivity contribution in [2.45, 2.75) is 5.92 Å². The van der Waals surface area contributed by atoms with Crippen LogP contribution >= 0.6 is 27.5 Å². The first-order chi connectivity index (χ1) is 9.34. The predicted molar refractivity (Wildman–Crippen MR) is 81.4 cm³/mol. The Kier molecular flexibility index (Phi) is 3.71. The van der Waals surface area contributed by atoms with Gasteiger partial charge in [-0.15, -0.1) is 0 Å². The van der Waals surface area contributed by atoms with E-state index in [0.29, 0.717) is 0 Å². The van der Waals surface area contributed by atoms with Crippen LogP contribution < -0.4 is 0 Å². The lowest BCUT2D eigenvalue weighted by Gasteiger charge is -2.14. The van der Waals surface area contributed by atoms with Gasteiger partial charge in [0.1, 0.15) is 0 Å². The highest BCUT2D eigenvalue weighted by molar-refractivity contribution is 9.11. The van der Waals surface area contributed by atoms with Gasteiger partial charge in [-0.25, -0.2) is 4.98 Å². The molecule has 3 aromatic rings. The summed E-state index contributed by atoms with van der Waals surface area (Å²) in [4.78, 5) is 4.49. The Morgan fingerprint density at radius 2 is 1.37 bits per heavy atom. The van der Waals surface area contributed by atoms with E-state index in [2.05, 4.69) is 49.6 Å². The molecule has 0 saturated heterocycles. The van der Waals surface area contributed by atoms with Crippen molar-refractivity contribution in [1.82, 2.24) is 9.36 Å². The third-order valence-electron chi connectivity index (χ3n) is 2.94. The minimum atomic E-state index is 0.0879. The second-order valence-electron chi connectivity index (χ2n) is 4.16. The van der Waals surface area contributed by atoms with Gasteiger partial charge in [0.15, 0.2) is 9.74 Å². The molecular weight excluding hydrogens is 320 g/mol. The molecule has 0 amide bonds. The average molecular weight is 331 g/mol. The van der Waals surface area contributed by atoms with Gasteiger partial charge >= 0.3 is 0 Å². The molecule has 94 valence electrons. The first-order valence-electron chi connectivity index (χ1n) is 5.93. The van der Waals surface area contributed by atoms with Crippen LogP contribution in [0.25, 0.3) is 0 Å². The fourth-order valence-electron chi connectivity index (χ4n) is 2.11. The van der Waals surface area contributed by atoms with Crippen molar-refractivity contribution in [3.8, 4) is 0 Å². The van der Waals surface area contributed by atoms with E-state index < -0.39 is 0 Å². The van der Waals surface area contributed by atoms with Gasteiger partial charge in [0.25, 0.3) is 0 Å². The summed E-state index contributed by atoms with van der Waals surface area (Å²) in [6.45, 7) is 0. The lowest BCUT2D eigenvalue weighted by atomic mass is 9.91. The summed E-state index contributed by atoms with van der Waals surface area (Å²) in [5.41, 5.74) is 2.41. The molecule has 3 rings (SSSR count). The van der Waals surface area contributed by atoms with Crippen molar-refractivity contribution < 1.29 is 0 Å². The van der Waals surface area contributed by atoms with Crippen LogP contribution in [-0.2, 0) is 0 Å². The van der Waals surface area contributed by atoms with Crippen LogP contribution in [0.3, 0.4) is 0 Å². The number of hydrogen-bond acceptors (Lipinski definition) is 3.